The molecule has 0 radical (unpaired) electrons. The molecule has 1 aromatic carbocycles. The molecule has 0 saturated carbocycles. The van der Waals surface area contributed by atoms with E-state index in [4.69, 9.17) is 5.84 Å². The fraction of sp³-hybridized carbons (Fsp3) is 0.400. The SMILES string of the molecule is CC(C)c1sc2c3ccccc3n(C(C)C)c2[n+]1N. The van der Waals surface area contributed by atoms with Crippen molar-refractivity contribution in [2.24, 2.45) is 0 Å². The molecule has 2 N–H and O–H groups in total. The molecule has 0 fully saturated rings. The second kappa shape index (κ2) is 4.23. The summed E-state index contributed by atoms with van der Waals surface area (Å²) in [6, 6.07) is 8.96. The van der Waals surface area contributed by atoms with Crippen molar-refractivity contribution in [1.29, 1.82) is 0 Å². The smallest absolute Gasteiger partial charge is 0.268 e. The molecule has 0 amide bonds. The molecule has 0 spiro atoms. The van der Waals surface area contributed by atoms with E-state index in [0.29, 0.717) is 12.0 Å². The third-order valence-corrected chi connectivity index (χ3v) is 5.01. The number of aromatic nitrogens is 2. The summed E-state index contributed by atoms with van der Waals surface area (Å²) >= 11 is 1.82. The van der Waals surface area contributed by atoms with Crippen LogP contribution in [0.4, 0.5) is 0 Å². The van der Waals surface area contributed by atoms with E-state index in [1.54, 1.807) is 0 Å². The van der Waals surface area contributed by atoms with Gasteiger partial charge in [0.1, 0.15) is 10.2 Å². The van der Waals surface area contributed by atoms with Crippen LogP contribution in [-0.2, 0) is 0 Å². The summed E-state index contributed by atoms with van der Waals surface area (Å²) in [4.78, 5) is 0. The maximum Gasteiger partial charge on any atom is 0.324 e. The Bertz CT molecular complexity index is 750. The average molecular weight is 274 g/mol. The molecule has 0 bridgehead atoms. The molecule has 0 atom stereocenters. The number of benzene rings is 1. The average Bonchev–Trinajstić information content (AvgIpc) is 2.85. The number of thiazole rings is 1. The Morgan fingerprint density at radius 1 is 1.16 bits per heavy atom. The normalized spacial score (nSPS) is 12.3. The highest BCUT2D eigenvalue weighted by molar-refractivity contribution is 7.19. The van der Waals surface area contributed by atoms with Gasteiger partial charge in [-0.3, -0.25) is 5.84 Å². The minimum absolute atomic E-state index is 0.395. The zero-order valence-corrected chi connectivity index (χ0v) is 12.7. The number of fused-ring (bicyclic) bond motifs is 3. The van der Waals surface area contributed by atoms with E-state index in [-0.39, 0.29) is 0 Å². The minimum atomic E-state index is 0.395. The van der Waals surface area contributed by atoms with Crippen LogP contribution >= 0.6 is 11.3 Å². The van der Waals surface area contributed by atoms with Gasteiger partial charge in [-0.1, -0.05) is 37.3 Å². The Balaban J connectivity index is 2.51. The summed E-state index contributed by atoms with van der Waals surface area (Å²) in [7, 11) is 0. The Morgan fingerprint density at radius 3 is 2.47 bits per heavy atom. The molecule has 4 heteroatoms. The zero-order chi connectivity index (χ0) is 13.7. The minimum Gasteiger partial charge on any atom is -0.268 e. The van der Waals surface area contributed by atoms with Crippen molar-refractivity contribution in [2.75, 3.05) is 5.84 Å². The first-order valence-electron chi connectivity index (χ1n) is 6.74. The van der Waals surface area contributed by atoms with E-state index in [2.05, 4.69) is 56.5 Å². The number of nitrogens with two attached hydrogens (primary N) is 1. The van der Waals surface area contributed by atoms with E-state index in [1.165, 1.54) is 20.6 Å². The summed E-state index contributed by atoms with van der Waals surface area (Å²) in [5.41, 5.74) is 2.41. The first kappa shape index (κ1) is 12.5. The molecule has 3 nitrogen and oxygen atoms in total. The quantitative estimate of drug-likeness (QED) is 0.563. The van der Waals surface area contributed by atoms with E-state index in [9.17, 15) is 0 Å². The van der Waals surface area contributed by atoms with Crippen LogP contribution in [0.25, 0.3) is 21.3 Å². The predicted octanol–water partition coefficient (Wildman–Crippen LogP) is 3.56. The highest BCUT2D eigenvalue weighted by atomic mass is 32.1. The summed E-state index contributed by atoms with van der Waals surface area (Å²) in [6.45, 7) is 8.79. The Kier molecular flexibility index (Phi) is 2.78. The topological polar surface area (TPSA) is 34.8 Å². The number of nitrogens with zero attached hydrogens (tertiary/aromatic N) is 2. The van der Waals surface area contributed by atoms with Gasteiger partial charge in [0, 0.05) is 11.3 Å². The van der Waals surface area contributed by atoms with Crippen molar-refractivity contribution >= 4 is 32.6 Å². The third kappa shape index (κ3) is 1.66. The van der Waals surface area contributed by atoms with Crippen LogP contribution in [0, 0.1) is 0 Å². The van der Waals surface area contributed by atoms with Gasteiger partial charge >= 0.3 is 5.65 Å². The standard InChI is InChI=1S/C15H20N3S/c1-9(2)15-18(16)14-13(19-15)11-7-5-6-8-12(11)17(14)10(3)4/h5-10H,16H2,1-4H3/q+1. The van der Waals surface area contributed by atoms with Crippen molar-refractivity contribution < 1.29 is 4.68 Å². The molecule has 2 heterocycles. The van der Waals surface area contributed by atoms with Crippen LogP contribution in [0.5, 0.6) is 0 Å². The molecule has 0 saturated heterocycles. The summed E-state index contributed by atoms with van der Waals surface area (Å²) in [5.74, 6) is 6.79. The van der Waals surface area contributed by atoms with Crippen LogP contribution in [0.2, 0.25) is 0 Å². The second-order valence-electron chi connectivity index (χ2n) is 5.60. The molecular formula is C15H20N3S+. The lowest BCUT2D eigenvalue weighted by atomic mass is 10.2. The van der Waals surface area contributed by atoms with Crippen molar-refractivity contribution in [1.82, 2.24) is 4.57 Å². The predicted molar refractivity (Wildman–Crippen MR) is 82.1 cm³/mol. The fourth-order valence-corrected chi connectivity index (χ4v) is 3.92. The number of rotatable bonds is 2. The Labute approximate surface area is 117 Å². The van der Waals surface area contributed by atoms with Gasteiger partial charge < -0.3 is 0 Å². The fourth-order valence-electron chi connectivity index (χ4n) is 2.72. The van der Waals surface area contributed by atoms with E-state index in [0.717, 1.165) is 5.65 Å². The Hall–Kier alpha value is -1.55. The van der Waals surface area contributed by atoms with Gasteiger partial charge in [0.05, 0.1) is 6.04 Å². The van der Waals surface area contributed by atoms with Crippen molar-refractivity contribution in [3.63, 3.8) is 0 Å². The van der Waals surface area contributed by atoms with E-state index in [1.807, 2.05) is 16.0 Å². The third-order valence-electron chi connectivity index (χ3n) is 3.52. The molecular weight excluding hydrogens is 254 g/mol. The van der Waals surface area contributed by atoms with E-state index < -0.39 is 0 Å². The van der Waals surface area contributed by atoms with Gasteiger partial charge in [0.25, 0.3) is 0 Å². The molecule has 100 valence electrons. The van der Waals surface area contributed by atoms with Gasteiger partial charge in [0.15, 0.2) is 5.01 Å². The Morgan fingerprint density at radius 2 is 1.84 bits per heavy atom. The highest BCUT2D eigenvalue weighted by Crippen LogP contribution is 2.35. The lowest BCUT2D eigenvalue weighted by Gasteiger charge is -2.05. The first-order chi connectivity index (χ1) is 9.02. The maximum absolute atomic E-state index is 6.35. The summed E-state index contributed by atoms with van der Waals surface area (Å²) < 4.78 is 5.52. The lowest BCUT2D eigenvalue weighted by Crippen LogP contribution is -2.48. The number of nitrogen functional groups attached to an aromatic ring is 1. The van der Waals surface area contributed by atoms with Gasteiger partial charge in [-0.25, -0.2) is 4.57 Å². The molecule has 19 heavy (non-hydrogen) atoms. The van der Waals surface area contributed by atoms with Crippen molar-refractivity contribution in [2.45, 2.75) is 39.7 Å². The molecule has 0 aliphatic heterocycles. The van der Waals surface area contributed by atoms with Crippen molar-refractivity contribution in [3.05, 3.63) is 29.3 Å². The van der Waals surface area contributed by atoms with Crippen LogP contribution in [0.15, 0.2) is 24.3 Å². The second-order valence-corrected chi connectivity index (χ2v) is 6.63. The molecule has 3 aromatic rings. The largest absolute Gasteiger partial charge is 0.324 e. The number of para-hydroxylation sites is 1. The molecule has 3 rings (SSSR count). The monoisotopic (exact) mass is 274 g/mol. The van der Waals surface area contributed by atoms with Gasteiger partial charge in [-0.15, -0.1) is 4.68 Å². The van der Waals surface area contributed by atoms with Crippen LogP contribution in [-0.4, -0.2) is 4.57 Å². The summed E-state index contributed by atoms with van der Waals surface area (Å²) in [6.07, 6.45) is 0. The van der Waals surface area contributed by atoms with Gasteiger partial charge in [0.2, 0.25) is 0 Å². The molecule has 0 aliphatic rings. The summed E-state index contributed by atoms with van der Waals surface area (Å²) in [5, 5.41) is 2.53. The first-order valence-corrected chi connectivity index (χ1v) is 7.56. The van der Waals surface area contributed by atoms with Crippen LogP contribution < -0.4 is 10.5 Å². The van der Waals surface area contributed by atoms with Crippen LogP contribution in [0.1, 0.15) is 44.7 Å². The molecule has 0 unspecified atom stereocenters. The van der Waals surface area contributed by atoms with Crippen LogP contribution in [0.3, 0.4) is 0 Å². The molecule has 2 aromatic heterocycles. The van der Waals surface area contributed by atoms with Crippen molar-refractivity contribution in [3.8, 4) is 0 Å². The zero-order valence-electron chi connectivity index (χ0n) is 11.8. The number of hydrogen-bond acceptors (Lipinski definition) is 2. The van der Waals surface area contributed by atoms with E-state index >= 15 is 0 Å². The molecule has 0 aliphatic carbocycles. The van der Waals surface area contributed by atoms with Gasteiger partial charge in [-0.2, -0.15) is 0 Å². The lowest BCUT2D eigenvalue weighted by molar-refractivity contribution is -0.618. The van der Waals surface area contributed by atoms with Gasteiger partial charge in [-0.05, 0) is 26.0 Å². The maximum atomic E-state index is 6.35. The number of hydrogen-bond donors (Lipinski definition) is 1. The highest BCUT2D eigenvalue weighted by Gasteiger charge is 2.28.